The largest absolute Gasteiger partial charge is 0.492 e. The van der Waals surface area contributed by atoms with Crippen molar-refractivity contribution in [1.29, 1.82) is 0 Å². The van der Waals surface area contributed by atoms with Crippen molar-refractivity contribution in [3.63, 3.8) is 0 Å². The smallest absolute Gasteiger partial charge is 0.142 e. The number of nitrogens with one attached hydrogen (secondary N) is 1. The molecule has 0 atom stereocenters. The lowest BCUT2D eigenvalue weighted by Gasteiger charge is -2.54. The molecule has 4 heteroatoms. The van der Waals surface area contributed by atoms with Crippen molar-refractivity contribution >= 4 is 23.2 Å². The van der Waals surface area contributed by atoms with Gasteiger partial charge in [0, 0.05) is 23.2 Å². The quantitative estimate of drug-likeness (QED) is 0.774. The van der Waals surface area contributed by atoms with Gasteiger partial charge in [-0.25, -0.2) is 0 Å². The second-order valence-corrected chi connectivity index (χ2v) is 8.49. The summed E-state index contributed by atoms with van der Waals surface area (Å²) in [6.45, 7) is 3.40. The van der Waals surface area contributed by atoms with Gasteiger partial charge >= 0.3 is 0 Å². The van der Waals surface area contributed by atoms with Crippen molar-refractivity contribution < 1.29 is 4.74 Å². The van der Waals surface area contributed by atoms with Gasteiger partial charge in [-0.15, -0.1) is 0 Å². The fraction of sp³-hybridized carbons (Fsp3) is 0.684. The van der Waals surface area contributed by atoms with Gasteiger partial charge in [0.1, 0.15) is 5.75 Å². The first-order valence-corrected chi connectivity index (χ1v) is 9.73. The van der Waals surface area contributed by atoms with Crippen molar-refractivity contribution in [2.24, 2.45) is 23.7 Å². The Bertz CT molecular complexity index is 561. The molecular formula is C19H25Cl2NO. The molecule has 5 rings (SSSR count). The van der Waals surface area contributed by atoms with Crippen LogP contribution in [-0.2, 0) is 6.54 Å². The second kappa shape index (κ2) is 6.46. The molecule has 0 amide bonds. The van der Waals surface area contributed by atoms with Crippen LogP contribution in [0.5, 0.6) is 5.75 Å². The topological polar surface area (TPSA) is 21.3 Å². The van der Waals surface area contributed by atoms with Crippen LogP contribution >= 0.6 is 23.2 Å². The first-order chi connectivity index (χ1) is 11.1. The van der Waals surface area contributed by atoms with Crippen LogP contribution in [0.3, 0.4) is 0 Å². The van der Waals surface area contributed by atoms with E-state index in [-0.39, 0.29) is 0 Å². The van der Waals surface area contributed by atoms with Crippen LogP contribution in [0, 0.1) is 23.7 Å². The van der Waals surface area contributed by atoms with Gasteiger partial charge in [-0.1, -0.05) is 23.2 Å². The van der Waals surface area contributed by atoms with E-state index in [2.05, 4.69) is 5.32 Å². The molecule has 1 N–H and O–H groups in total. The summed E-state index contributed by atoms with van der Waals surface area (Å²) in [5.74, 6) is 4.55. The fourth-order valence-electron chi connectivity index (χ4n) is 5.54. The van der Waals surface area contributed by atoms with Gasteiger partial charge in [-0.05, 0) is 74.8 Å². The maximum Gasteiger partial charge on any atom is 0.142 e. The van der Waals surface area contributed by atoms with E-state index >= 15 is 0 Å². The number of rotatable bonds is 5. The standard InChI is InChI=1S/C19H25Cl2NO/c1-2-23-19-15(8-16(20)9-17(19)21)10-22-18-13-4-11-3-12(6-13)7-14(18)5-11/h8-9,11-14,18,22H,2-7,10H2,1H3. The SMILES string of the molecule is CCOc1c(Cl)cc(Cl)cc1CNC1C2CC3CC(C2)CC1C3. The predicted octanol–water partition coefficient (Wildman–Crippen LogP) is 5.31. The minimum Gasteiger partial charge on any atom is -0.492 e. The number of hydrogen-bond acceptors (Lipinski definition) is 2. The molecule has 0 aromatic heterocycles. The Labute approximate surface area is 148 Å². The van der Waals surface area contributed by atoms with E-state index in [0.29, 0.717) is 22.7 Å². The summed E-state index contributed by atoms with van der Waals surface area (Å²) >= 11 is 12.5. The number of hydrogen-bond donors (Lipinski definition) is 1. The molecule has 0 spiro atoms. The van der Waals surface area contributed by atoms with Crippen molar-refractivity contribution in [2.75, 3.05) is 6.61 Å². The Kier molecular flexibility index (Phi) is 4.51. The van der Waals surface area contributed by atoms with Gasteiger partial charge in [0.25, 0.3) is 0 Å². The molecular weight excluding hydrogens is 329 g/mol. The highest BCUT2D eigenvalue weighted by Crippen LogP contribution is 2.53. The third-order valence-electron chi connectivity index (χ3n) is 6.13. The zero-order valence-electron chi connectivity index (χ0n) is 13.7. The molecule has 0 saturated heterocycles. The average Bonchev–Trinajstić information content (AvgIpc) is 2.49. The monoisotopic (exact) mass is 353 g/mol. The van der Waals surface area contributed by atoms with E-state index in [1.54, 1.807) is 6.07 Å². The lowest BCUT2D eigenvalue weighted by Crippen LogP contribution is -2.54. The molecule has 0 unspecified atom stereocenters. The van der Waals surface area contributed by atoms with E-state index < -0.39 is 0 Å². The predicted molar refractivity (Wildman–Crippen MR) is 95.3 cm³/mol. The Morgan fingerprint density at radius 1 is 1.04 bits per heavy atom. The van der Waals surface area contributed by atoms with Crippen LogP contribution in [0.2, 0.25) is 10.0 Å². The summed E-state index contributed by atoms with van der Waals surface area (Å²) in [7, 11) is 0. The summed E-state index contributed by atoms with van der Waals surface area (Å²) in [5, 5.41) is 5.13. The third-order valence-corrected chi connectivity index (χ3v) is 6.63. The molecule has 4 aliphatic carbocycles. The average molecular weight is 354 g/mol. The number of halogens is 2. The van der Waals surface area contributed by atoms with Gasteiger partial charge in [0.05, 0.1) is 11.6 Å². The van der Waals surface area contributed by atoms with Crippen LogP contribution < -0.4 is 10.1 Å². The third kappa shape index (κ3) is 3.10. The normalized spacial score (nSPS) is 34.8. The van der Waals surface area contributed by atoms with Gasteiger partial charge in [0.2, 0.25) is 0 Å². The van der Waals surface area contributed by atoms with Gasteiger partial charge in [0.15, 0.2) is 0 Å². The Morgan fingerprint density at radius 3 is 2.30 bits per heavy atom. The van der Waals surface area contributed by atoms with Crippen molar-refractivity contribution in [3.8, 4) is 5.75 Å². The second-order valence-electron chi connectivity index (χ2n) is 7.65. The minimum atomic E-state index is 0.612. The molecule has 4 fully saturated rings. The summed E-state index contributed by atoms with van der Waals surface area (Å²) in [4.78, 5) is 0. The first-order valence-electron chi connectivity index (χ1n) is 8.98. The van der Waals surface area contributed by atoms with Crippen LogP contribution in [0.15, 0.2) is 12.1 Å². The molecule has 0 radical (unpaired) electrons. The van der Waals surface area contributed by atoms with Crippen molar-refractivity contribution in [3.05, 3.63) is 27.7 Å². The van der Waals surface area contributed by atoms with Gasteiger partial charge in [-0.2, -0.15) is 0 Å². The summed E-state index contributed by atoms with van der Waals surface area (Å²) < 4.78 is 5.75. The molecule has 2 nitrogen and oxygen atoms in total. The van der Waals surface area contributed by atoms with E-state index in [4.69, 9.17) is 27.9 Å². The maximum atomic E-state index is 6.32. The Morgan fingerprint density at radius 2 is 1.70 bits per heavy atom. The van der Waals surface area contributed by atoms with Crippen molar-refractivity contribution in [2.45, 2.75) is 51.6 Å². The highest BCUT2D eigenvalue weighted by atomic mass is 35.5. The minimum absolute atomic E-state index is 0.612. The van der Waals surface area contributed by atoms with E-state index in [1.807, 2.05) is 13.0 Å². The lowest BCUT2D eigenvalue weighted by molar-refractivity contribution is -0.0143. The molecule has 4 saturated carbocycles. The van der Waals surface area contributed by atoms with E-state index in [0.717, 1.165) is 41.5 Å². The van der Waals surface area contributed by atoms with Crippen LogP contribution in [-0.4, -0.2) is 12.6 Å². The van der Waals surface area contributed by atoms with Crippen LogP contribution in [0.25, 0.3) is 0 Å². The zero-order valence-corrected chi connectivity index (χ0v) is 15.2. The fourth-order valence-corrected chi connectivity index (χ4v) is 6.13. The van der Waals surface area contributed by atoms with Gasteiger partial charge in [-0.3, -0.25) is 0 Å². The molecule has 0 aliphatic heterocycles. The van der Waals surface area contributed by atoms with E-state index in [9.17, 15) is 0 Å². The summed E-state index contributed by atoms with van der Waals surface area (Å²) in [5.41, 5.74) is 1.08. The Balaban J connectivity index is 1.49. The molecule has 4 aliphatic rings. The molecule has 126 valence electrons. The number of ether oxygens (including phenoxy) is 1. The van der Waals surface area contributed by atoms with E-state index in [1.165, 1.54) is 32.1 Å². The van der Waals surface area contributed by atoms with Crippen molar-refractivity contribution in [1.82, 2.24) is 5.32 Å². The summed E-state index contributed by atoms with van der Waals surface area (Å²) in [6.07, 6.45) is 7.22. The number of benzene rings is 1. The molecule has 1 aromatic rings. The molecule has 23 heavy (non-hydrogen) atoms. The van der Waals surface area contributed by atoms with Crippen LogP contribution in [0.1, 0.15) is 44.6 Å². The van der Waals surface area contributed by atoms with Gasteiger partial charge < -0.3 is 10.1 Å². The Hall–Kier alpha value is -0.440. The van der Waals surface area contributed by atoms with Crippen LogP contribution in [0.4, 0.5) is 0 Å². The highest BCUT2D eigenvalue weighted by Gasteiger charge is 2.47. The summed E-state index contributed by atoms with van der Waals surface area (Å²) in [6, 6.07) is 4.41. The zero-order chi connectivity index (χ0) is 16.0. The lowest BCUT2D eigenvalue weighted by atomic mass is 9.54. The molecule has 4 bridgehead atoms. The molecule has 1 aromatic carbocycles. The highest BCUT2D eigenvalue weighted by molar-refractivity contribution is 6.35. The molecule has 0 heterocycles. The maximum absolute atomic E-state index is 6.32. The first kappa shape index (κ1) is 16.1.